The van der Waals surface area contributed by atoms with E-state index in [-0.39, 0.29) is 37.6 Å². The van der Waals surface area contributed by atoms with Crippen LogP contribution < -0.4 is 10.6 Å². The molecule has 10 heteroatoms. The summed E-state index contributed by atoms with van der Waals surface area (Å²) in [4.78, 5) is 47.2. The van der Waals surface area contributed by atoms with E-state index in [0.29, 0.717) is 17.8 Å². The second-order valence-corrected chi connectivity index (χ2v) is 7.85. The smallest absolute Gasteiger partial charge is 0.411 e. The Labute approximate surface area is 215 Å². The lowest BCUT2D eigenvalue weighted by Gasteiger charge is -2.14. The number of amides is 2. The van der Waals surface area contributed by atoms with Gasteiger partial charge in [-0.3, -0.25) is 10.6 Å². The summed E-state index contributed by atoms with van der Waals surface area (Å²) >= 11 is 0. The molecule has 0 saturated carbocycles. The SMILES string of the molecule is C=C(C)C(=O)OCCOC(=O)Nc1ccccc1Cc1ccccc1NC(=O)OCCOC(=O)C(=C)C. The molecule has 0 unspecified atom stereocenters. The zero-order valence-corrected chi connectivity index (χ0v) is 20.8. The van der Waals surface area contributed by atoms with Crippen LogP contribution >= 0.6 is 0 Å². The molecule has 0 aliphatic heterocycles. The van der Waals surface area contributed by atoms with E-state index in [1.54, 1.807) is 24.3 Å². The summed E-state index contributed by atoms with van der Waals surface area (Å²) in [5, 5.41) is 5.35. The van der Waals surface area contributed by atoms with Crippen LogP contribution in [0.5, 0.6) is 0 Å². The fourth-order valence-electron chi connectivity index (χ4n) is 2.87. The summed E-state index contributed by atoms with van der Waals surface area (Å²) in [6, 6.07) is 14.2. The minimum absolute atomic E-state index is 0.0910. The number of para-hydroxylation sites is 2. The Bertz CT molecular complexity index is 1070. The standard InChI is InChI=1S/C27H30N2O8/c1-18(2)24(30)34-13-15-36-26(32)28-22-11-7-5-9-20(22)17-21-10-6-8-12-23(21)29-27(33)37-16-14-35-25(31)19(3)4/h5-12H,1,3,13-17H2,2,4H3,(H,28,32)(H,29,33). The first kappa shape index (κ1) is 28.6. The molecule has 0 bridgehead atoms. The lowest BCUT2D eigenvalue weighted by atomic mass is 10.0. The molecule has 2 N–H and O–H groups in total. The molecule has 2 aromatic carbocycles. The Morgan fingerprint density at radius 1 is 0.622 bits per heavy atom. The summed E-state index contributed by atoms with van der Waals surface area (Å²) in [5.41, 5.74) is 3.08. The Hall–Kier alpha value is -4.60. The van der Waals surface area contributed by atoms with Crippen molar-refractivity contribution < 1.29 is 38.1 Å². The van der Waals surface area contributed by atoms with Crippen molar-refractivity contribution in [3.05, 3.63) is 84.0 Å². The first-order valence-corrected chi connectivity index (χ1v) is 11.4. The van der Waals surface area contributed by atoms with Crippen molar-refractivity contribution in [2.75, 3.05) is 37.1 Å². The van der Waals surface area contributed by atoms with Gasteiger partial charge in [-0.05, 0) is 37.1 Å². The third-order valence-electron chi connectivity index (χ3n) is 4.69. The lowest BCUT2D eigenvalue weighted by Crippen LogP contribution is -2.19. The van der Waals surface area contributed by atoms with Crippen molar-refractivity contribution in [3.63, 3.8) is 0 Å². The molecule has 0 aromatic heterocycles. The van der Waals surface area contributed by atoms with Crippen molar-refractivity contribution in [1.29, 1.82) is 0 Å². The maximum atomic E-state index is 12.2. The molecule has 0 atom stereocenters. The van der Waals surface area contributed by atoms with Gasteiger partial charge >= 0.3 is 24.1 Å². The Kier molecular flexibility index (Phi) is 11.4. The molecule has 0 heterocycles. The van der Waals surface area contributed by atoms with Gasteiger partial charge in [-0.15, -0.1) is 0 Å². The average Bonchev–Trinajstić information content (AvgIpc) is 2.86. The van der Waals surface area contributed by atoms with Gasteiger partial charge in [0.1, 0.15) is 26.4 Å². The first-order chi connectivity index (χ1) is 17.7. The number of benzene rings is 2. The van der Waals surface area contributed by atoms with Crippen LogP contribution in [0.4, 0.5) is 21.0 Å². The zero-order valence-electron chi connectivity index (χ0n) is 20.8. The van der Waals surface area contributed by atoms with E-state index in [1.807, 2.05) is 24.3 Å². The van der Waals surface area contributed by atoms with E-state index >= 15 is 0 Å². The molecule has 0 aliphatic carbocycles. The Morgan fingerprint density at radius 2 is 0.973 bits per heavy atom. The van der Waals surface area contributed by atoms with E-state index in [2.05, 4.69) is 23.8 Å². The van der Waals surface area contributed by atoms with Crippen molar-refractivity contribution in [2.24, 2.45) is 0 Å². The molecule has 2 rings (SSSR count). The number of esters is 2. The Morgan fingerprint density at radius 3 is 1.35 bits per heavy atom. The van der Waals surface area contributed by atoms with Crippen LogP contribution in [0.1, 0.15) is 25.0 Å². The molecule has 2 amide bonds. The molecule has 0 radical (unpaired) electrons. The first-order valence-electron chi connectivity index (χ1n) is 11.4. The molecule has 196 valence electrons. The summed E-state index contributed by atoms with van der Waals surface area (Å²) in [6.07, 6.45) is -1.04. The average molecular weight is 511 g/mol. The highest BCUT2D eigenvalue weighted by Gasteiger charge is 2.13. The van der Waals surface area contributed by atoms with E-state index in [4.69, 9.17) is 18.9 Å². The molecule has 0 aliphatic rings. The van der Waals surface area contributed by atoms with Crippen LogP contribution in [0.15, 0.2) is 72.8 Å². The molecular formula is C27H30N2O8. The van der Waals surface area contributed by atoms with E-state index in [9.17, 15) is 19.2 Å². The fourth-order valence-corrected chi connectivity index (χ4v) is 2.87. The van der Waals surface area contributed by atoms with Crippen LogP contribution in [-0.4, -0.2) is 50.6 Å². The number of hydrogen-bond acceptors (Lipinski definition) is 8. The predicted octanol–water partition coefficient (Wildman–Crippen LogP) is 4.61. The van der Waals surface area contributed by atoms with Gasteiger partial charge in [0.25, 0.3) is 0 Å². The maximum absolute atomic E-state index is 12.2. The van der Waals surface area contributed by atoms with Gasteiger partial charge in [-0.25, -0.2) is 19.2 Å². The van der Waals surface area contributed by atoms with Crippen molar-refractivity contribution in [1.82, 2.24) is 0 Å². The normalized spacial score (nSPS) is 10.0. The van der Waals surface area contributed by atoms with Gasteiger partial charge in [0.05, 0.1) is 0 Å². The second kappa shape index (κ2) is 14.7. The molecule has 37 heavy (non-hydrogen) atoms. The fraction of sp³-hybridized carbons (Fsp3) is 0.259. The van der Waals surface area contributed by atoms with Gasteiger partial charge in [-0.2, -0.15) is 0 Å². The quantitative estimate of drug-likeness (QED) is 0.183. The lowest BCUT2D eigenvalue weighted by molar-refractivity contribution is -0.140. The van der Waals surface area contributed by atoms with E-state index < -0.39 is 24.1 Å². The third kappa shape index (κ3) is 10.3. The number of rotatable bonds is 12. The highest BCUT2D eigenvalue weighted by molar-refractivity contribution is 5.88. The molecule has 2 aromatic rings. The van der Waals surface area contributed by atoms with Gasteiger partial charge in [0.15, 0.2) is 0 Å². The van der Waals surface area contributed by atoms with Crippen LogP contribution in [0.2, 0.25) is 0 Å². The number of carbonyl (C=O) groups is 4. The summed E-state index contributed by atoms with van der Waals surface area (Å²) in [6.45, 7) is 9.58. The van der Waals surface area contributed by atoms with E-state index in [1.165, 1.54) is 13.8 Å². The number of anilines is 2. The van der Waals surface area contributed by atoms with Gasteiger partial charge in [-0.1, -0.05) is 49.6 Å². The summed E-state index contributed by atoms with van der Waals surface area (Å²) < 4.78 is 19.9. The number of carbonyl (C=O) groups excluding carboxylic acids is 4. The minimum atomic E-state index is -0.707. The monoisotopic (exact) mass is 510 g/mol. The van der Waals surface area contributed by atoms with E-state index in [0.717, 1.165) is 11.1 Å². The van der Waals surface area contributed by atoms with Crippen LogP contribution in [0.3, 0.4) is 0 Å². The molecule has 10 nitrogen and oxygen atoms in total. The largest absolute Gasteiger partial charge is 0.459 e. The maximum Gasteiger partial charge on any atom is 0.411 e. The summed E-state index contributed by atoms with van der Waals surface area (Å²) in [5.74, 6) is -1.12. The van der Waals surface area contributed by atoms with Gasteiger partial charge in [0.2, 0.25) is 0 Å². The molecule has 0 spiro atoms. The molecular weight excluding hydrogens is 480 g/mol. The predicted molar refractivity (Wildman–Crippen MR) is 137 cm³/mol. The number of nitrogens with one attached hydrogen (secondary N) is 2. The third-order valence-corrected chi connectivity index (χ3v) is 4.69. The van der Waals surface area contributed by atoms with Gasteiger partial charge in [0, 0.05) is 28.9 Å². The highest BCUT2D eigenvalue weighted by atomic mass is 16.6. The Balaban J connectivity index is 1.93. The van der Waals surface area contributed by atoms with Crippen LogP contribution in [0, 0.1) is 0 Å². The van der Waals surface area contributed by atoms with Gasteiger partial charge < -0.3 is 18.9 Å². The summed E-state index contributed by atoms with van der Waals surface area (Å²) in [7, 11) is 0. The van der Waals surface area contributed by atoms with Crippen molar-refractivity contribution >= 4 is 35.5 Å². The molecule has 0 saturated heterocycles. The van der Waals surface area contributed by atoms with Crippen LogP contribution in [-0.2, 0) is 35.0 Å². The van der Waals surface area contributed by atoms with Crippen molar-refractivity contribution in [2.45, 2.75) is 20.3 Å². The zero-order chi connectivity index (χ0) is 27.2. The highest BCUT2D eigenvalue weighted by Crippen LogP contribution is 2.24. The topological polar surface area (TPSA) is 129 Å². The van der Waals surface area contributed by atoms with Crippen LogP contribution in [0.25, 0.3) is 0 Å². The number of ether oxygens (including phenoxy) is 4. The van der Waals surface area contributed by atoms with Crippen molar-refractivity contribution in [3.8, 4) is 0 Å². The number of hydrogen-bond donors (Lipinski definition) is 2. The molecule has 0 fully saturated rings. The second-order valence-electron chi connectivity index (χ2n) is 7.85. The minimum Gasteiger partial charge on any atom is -0.459 e.